The molecule has 5 rings (SSSR count). The molecule has 0 spiro atoms. The molecule has 0 aliphatic carbocycles. The molecule has 0 radical (unpaired) electrons. The van der Waals surface area contributed by atoms with Gasteiger partial charge in [-0.1, -0.05) is 18.2 Å². The number of amides is 2. The normalized spacial score (nSPS) is 10.8. The molecule has 168 valence electrons. The van der Waals surface area contributed by atoms with Crippen molar-refractivity contribution in [1.82, 2.24) is 14.5 Å². The first-order valence-electron chi connectivity index (χ1n) is 10.8. The van der Waals surface area contributed by atoms with E-state index in [0.29, 0.717) is 29.9 Å². The highest BCUT2D eigenvalue weighted by Crippen LogP contribution is 2.30. The van der Waals surface area contributed by atoms with Crippen LogP contribution < -0.4 is 10.6 Å². The van der Waals surface area contributed by atoms with Gasteiger partial charge in [0.05, 0.1) is 16.5 Å². The number of aromatic nitrogens is 3. The summed E-state index contributed by atoms with van der Waals surface area (Å²) < 4.78 is 2.98. The zero-order chi connectivity index (χ0) is 23.3. The average Bonchev–Trinajstić information content (AvgIpc) is 3.53. The van der Waals surface area contributed by atoms with Gasteiger partial charge in [-0.3, -0.25) is 9.59 Å². The van der Waals surface area contributed by atoms with Gasteiger partial charge in [0.15, 0.2) is 0 Å². The van der Waals surface area contributed by atoms with Gasteiger partial charge in [-0.15, -0.1) is 11.3 Å². The van der Waals surface area contributed by atoms with E-state index in [2.05, 4.69) is 26.7 Å². The molecule has 0 fully saturated rings. The minimum absolute atomic E-state index is 0.128. The number of fused-ring (bicyclic) bond motifs is 1. The maximum atomic E-state index is 12.8. The van der Waals surface area contributed by atoms with Crippen molar-refractivity contribution in [1.29, 1.82) is 0 Å². The van der Waals surface area contributed by atoms with E-state index in [1.54, 1.807) is 48.1 Å². The topological polar surface area (TPSA) is 88.9 Å². The van der Waals surface area contributed by atoms with E-state index in [0.717, 1.165) is 20.8 Å². The lowest BCUT2D eigenvalue weighted by Crippen LogP contribution is -2.15. The van der Waals surface area contributed by atoms with Crippen molar-refractivity contribution < 1.29 is 9.59 Å². The number of rotatable bonds is 7. The minimum atomic E-state index is -0.248. The number of hydrogen-bond acceptors (Lipinski definition) is 5. The lowest BCUT2D eigenvalue weighted by Gasteiger charge is -2.09. The van der Waals surface area contributed by atoms with Crippen molar-refractivity contribution in [2.24, 2.45) is 0 Å². The van der Waals surface area contributed by atoms with Gasteiger partial charge in [-0.25, -0.2) is 9.97 Å². The summed E-state index contributed by atoms with van der Waals surface area (Å²) in [6, 6.07) is 22.6. The van der Waals surface area contributed by atoms with Crippen molar-refractivity contribution in [2.75, 3.05) is 10.6 Å². The maximum Gasteiger partial charge on any atom is 0.255 e. The average molecular weight is 468 g/mol. The smallest absolute Gasteiger partial charge is 0.255 e. The van der Waals surface area contributed by atoms with Crippen LogP contribution in [0.1, 0.15) is 16.8 Å². The van der Waals surface area contributed by atoms with Crippen LogP contribution in [0.2, 0.25) is 0 Å². The Balaban J connectivity index is 1.21. The predicted molar refractivity (Wildman–Crippen MR) is 135 cm³/mol. The van der Waals surface area contributed by atoms with Gasteiger partial charge >= 0.3 is 0 Å². The molecular weight excluding hydrogens is 446 g/mol. The summed E-state index contributed by atoms with van der Waals surface area (Å²) in [6.07, 6.45) is 5.47. The lowest BCUT2D eigenvalue weighted by molar-refractivity contribution is -0.116. The second-order valence-corrected chi connectivity index (χ2v) is 8.73. The van der Waals surface area contributed by atoms with Crippen LogP contribution in [0.25, 0.3) is 20.8 Å². The summed E-state index contributed by atoms with van der Waals surface area (Å²) in [4.78, 5) is 33.6. The predicted octanol–water partition coefficient (Wildman–Crippen LogP) is 5.44. The molecule has 0 saturated carbocycles. The quantitative estimate of drug-likeness (QED) is 0.334. The highest BCUT2D eigenvalue weighted by atomic mass is 32.1. The summed E-state index contributed by atoms with van der Waals surface area (Å²) in [6.45, 7) is 0.541. The fraction of sp³-hybridized carbons (Fsp3) is 0.0769. The van der Waals surface area contributed by atoms with E-state index in [1.807, 2.05) is 53.2 Å². The summed E-state index contributed by atoms with van der Waals surface area (Å²) in [5, 5.41) is 6.69. The first-order chi connectivity index (χ1) is 16.6. The second kappa shape index (κ2) is 9.68. The van der Waals surface area contributed by atoms with Crippen molar-refractivity contribution >= 4 is 44.7 Å². The number of para-hydroxylation sites is 1. The number of benzene rings is 3. The molecule has 8 heteroatoms. The van der Waals surface area contributed by atoms with E-state index in [1.165, 1.54) is 0 Å². The van der Waals surface area contributed by atoms with Gasteiger partial charge in [0.1, 0.15) is 5.01 Å². The van der Waals surface area contributed by atoms with Gasteiger partial charge < -0.3 is 15.2 Å². The molecule has 34 heavy (non-hydrogen) atoms. The molecule has 2 N–H and O–H groups in total. The van der Waals surface area contributed by atoms with Crippen molar-refractivity contribution in [2.45, 2.75) is 13.0 Å². The molecule has 5 aromatic rings. The standard InChI is InChI=1S/C26H21N5O2S/c32-24(12-14-31-15-13-27-17-31)28-21-5-3-4-19(16-21)25(33)29-20-10-8-18(9-11-20)26-30-22-6-1-2-7-23(22)34-26/h1-11,13,15-17H,12,14H2,(H,28,32)(H,29,33). The molecule has 0 aliphatic rings. The molecule has 2 amide bonds. The molecule has 0 aliphatic heterocycles. The zero-order valence-electron chi connectivity index (χ0n) is 18.1. The van der Waals surface area contributed by atoms with Crippen LogP contribution in [-0.4, -0.2) is 26.3 Å². The SMILES string of the molecule is O=C(CCn1ccnc1)Nc1cccc(C(=O)Nc2ccc(-c3nc4ccccc4s3)cc2)c1. The minimum Gasteiger partial charge on any atom is -0.337 e. The number of thiazole rings is 1. The van der Waals surface area contributed by atoms with Crippen LogP contribution in [0.3, 0.4) is 0 Å². The highest BCUT2D eigenvalue weighted by Gasteiger charge is 2.10. The Morgan fingerprint density at radius 1 is 0.912 bits per heavy atom. The first-order valence-corrected chi connectivity index (χ1v) is 11.6. The van der Waals surface area contributed by atoms with Crippen LogP contribution in [0, 0.1) is 0 Å². The van der Waals surface area contributed by atoms with Gasteiger partial charge in [0, 0.05) is 47.9 Å². The third-order valence-corrected chi connectivity index (χ3v) is 6.33. The van der Waals surface area contributed by atoms with E-state index in [-0.39, 0.29) is 11.8 Å². The van der Waals surface area contributed by atoms with E-state index in [9.17, 15) is 9.59 Å². The van der Waals surface area contributed by atoms with Crippen molar-refractivity contribution in [3.05, 3.63) is 97.1 Å². The number of nitrogens with one attached hydrogen (secondary N) is 2. The molecule has 3 aromatic carbocycles. The molecular formula is C26H21N5O2S. The number of carbonyl (C=O) groups excluding carboxylic acids is 2. The number of imidazole rings is 1. The van der Waals surface area contributed by atoms with Gasteiger partial charge in [0.25, 0.3) is 5.91 Å². The fourth-order valence-corrected chi connectivity index (χ4v) is 4.48. The Morgan fingerprint density at radius 2 is 1.76 bits per heavy atom. The molecule has 0 bridgehead atoms. The Bertz CT molecular complexity index is 1410. The van der Waals surface area contributed by atoms with Crippen LogP contribution in [0.5, 0.6) is 0 Å². The summed E-state index contributed by atoms with van der Waals surface area (Å²) >= 11 is 1.64. The van der Waals surface area contributed by atoms with Crippen molar-refractivity contribution in [3.8, 4) is 10.6 Å². The molecule has 7 nitrogen and oxygen atoms in total. The summed E-state index contributed by atoms with van der Waals surface area (Å²) in [5.74, 6) is -0.376. The van der Waals surface area contributed by atoms with Crippen LogP contribution in [0.4, 0.5) is 11.4 Å². The second-order valence-electron chi connectivity index (χ2n) is 7.70. The number of nitrogens with zero attached hydrogens (tertiary/aromatic N) is 3. The third-order valence-electron chi connectivity index (χ3n) is 5.25. The first kappa shape index (κ1) is 21.5. The molecule has 0 atom stereocenters. The van der Waals surface area contributed by atoms with Crippen LogP contribution >= 0.6 is 11.3 Å². The monoisotopic (exact) mass is 467 g/mol. The Labute approximate surface area is 200 Å². The Hall–Kier alpha value is -4.30. The molecule has 0 saturated heterocycles. The van der Waals surface area contributed by atoms with E-state index in [4.69, 9.17) is 0 Å². The zero-order valence-corrected chi connectivity index (χ0v) is 19.0. The largest absolute Gasteiger partial charge is 0.337 e. The lowest BCUT2D eigenvalue weighted by atomic mass is 10.1. The summed E-state index contributed by atoms with van der Waals surface area (Å²) in [7, 11) is 0. The van der Waals surface area contributed by atoms with Crippen molar-refractivity contribution in [3.63, 3.8) is 0 Å². The van der Waals surface area contributed by atoms with Gasteiger partial charge in [-0.05, 0) is 54.6 Å². The Kier molecular flexibility index (Phi) is 6.13. The molecule has 2 aromatic heterocycles. The van der Waals surface area contributed by atoms with E-state index >= 15 is 0 Å². The van der Waals surface area contributed by atoms with Gasteiger partial charge in [0.2, 0.25) is 5.91 Å². The third kappa shape index (κ3) is 5.02. The summed E-state index contributed by atoms with van der Waals surface area (Å²) in [5.41, 5.74) is 3.70. The highest BCUT2D eigenvalue weighted by molar-refractivity contribution is 7.21. The van der Waals surface area contributed by atoms with Crippen LogP contribution in [0.15, 0.2) is 91.5 Å². The number of anilines is 2. The molecule has 2 heterocycles. The Morgan fingerprint density at radius 3 is 2.56 bits per heavy atom. The van der Waals surface area contributed by atoms with Gasteiger partial charge in [-0.2, -0.15) is 0 Å². The number of hydrogen-bond donors (Lipinski definition) is 2. The van der Waals surface area contributed by atoms with E-state index < -0.39 is 0 Å². The number of carbonyl (C=O) groups is 2. The molecule has 0 unspecified atom stereocenters. The van der Waals surface area contributed by atoms with Crippen LogP contribution in [-0.2, 0) is 11.3 Å². The number of aryl methyl sites for hydroxylation is 1. The fourth-order valence-electron chi connectivity index (χ4n) is 3.51. The maximum absolute atomic E-state index is 12.8.